The zero-order chi connectivity index (χ0) is 12.8. The first kappa shape index (κ1) is 13.3. The van der Waals surface area contributed by atoms with Gasteiger partial charge in [-0.25, -0.2) is 0 Å². The van der Waals surface area contributed by atoms with Gasteiger partial charge in [0.15, 0.2) is 0 Å². The molecule has 0 unspecified atom stereocenters. The molecule has 0 aromatic heterocycles. The lowest BCUT2D eigenvalue weighted by Gasteiger charge is -2.13. The van der Waals surface area contributed by atoms with Gasteiger partial charge in [-0.3, -0.25) is 4.79 Å². The van der Waals surface area contributed by atoms with Crippen LogP contribution in [0.3, 0.4) is 0 Å². The number of esters is 1. The second kappa shape index (κ2) is 6.10. The SMILES string of the molecule is COC(=O)[C@H](N)Cc1cc(OC)ccc1OC. The first-order chi connectivity index (χ1) is 8.12. The Hall–Kier alpha value is -1.75. The van der Waals surface area contributed by atoms with Crippen LogP contribution in [0.4, 0.5) is 0 Å². The van der Waals surface area contributed by atoms with E-state index in [0.29, 0.717) is 17.9 Å². The molecular weight excluding hydrogens is 222 g/mol. The van der Waals surface area contributed by atoms with E-state index in [0.717, 1.165) is 5.56 Å². The minimum atomic E-state index is -0.707. The van der Waals surface area contributed by atoms with E-state index in [1.54, 1.807) is 32.4 Å². The van der Waals surface area contributed by atoms with Gasteiger partial charge in [0.05, 0.1) is 21.3 Å². The minimum absolute atomic E-state index is 0.340. The van der Waals surface area contributed by atoms with Crippen LogP contribution in [0.1, 0.15) is 5.56 Å². The Morgan fingerprint density at radius 1 is 1.29 bits per heavy atom. The lowest BCUT2D eigenvalue weighted by molar-refractivity contribution is -0.142. The average molecular weight is 239 g/mol. The smallest absolute Gasteiger partial charge is 0.322 e. The Morgan fingerprint density at radius 3 is 2.53 bits per heavy atom. The predicted molar refractivity (Wildman–Crippen MR) is 63.2 cm³/mol. The third-order valence-electron chi connectivity index (χ3n) is 2.43. The van der Waals surface area contributed by atoms with E-state index < -0.39 is 12.0 Å². The first-order valence-corrected chi connectivity index (χ1v) is 5.16. The molecule has 0 aliphatic heterocycles. The molecular formula is C12H17NO4. The fourth-order valence-electron chi connectivity index (χ4n) is 1.51. The Bertz CT molecular complexity index is 392. The molecule has 0 radical (unpaired) electrons. The van der Waals surface area contributed by atoms with Gasteiger partial charge in [-0.05, 0) is 23.8 Å². The molecule has 0 saturated carbocycles. The third kappa shape index (κ3) is 3.35. The van der Waals surface area contributed by atoms with Gasteiger partial charge in [0, 0.05) is 6.42 Å². The van der Waals surface area contributed by atoms with E-state index in [4.69, 9.17) is 15.2 Å². The number of carbonyl (C=O) groups excluding carboxylic acids is 1. The molecule has 1 atom stereocenters. The maximum absolute atomic E-state index is 11.3. The Morgan fingerprint density at radius 2 is 2.00 bits per heavy atom. The number of hydrogen-bond donors (Lipinski definition) is 1. The third-order valence-corrected chi connectivity index (χ3v) is 2.43. The summed E-state index contributed by atoms with van der Waals surface area (Å²) in [6, 6.07) is 4.65. The summed E-state index contributed by atoms with van der Waals surface area (Å²) in [6.45, 7) is 0. The Labute approximate surface area is 100 Å². The summed E-state index contributed by atoms with van der Waals surface area (Å²) >= 11 is 0. The number of benzene rings is 1. The van der Waals surface area contributed by atoms with Crippen molar-refractivity contribution in [3.05, 3.63) is 23.8 Å². The zero-order valence-corrected chi connectivity index (χ0v) is 10.2. The maximum atomic E-state index is 11.3. The number of nitrogens with two attached hydrogens (primary N) is 1. The van der Waals surface area contributed by atoms with E-state index in [1.165, 1.54) is 7.11 Å². The Kier molecular flexibility index (Phi) is 4.78. The van der Waals surface area contributed by atoms with Crippen molar-refractivity contribution >= 4 is 5.97 Å². The van der Waals surface area contributed by atoms with Crippen LogP contribution in [-0.2, 0) is 16.0 Å². The number of hydrogen-bond acceptors (Lipinski definition) is 5. The molecule has 5 nitrogen and oxygen atoms in total. The molecule has 0 heterocycles. The molecule has 17 heavy (non-hydrogen) atoms. The van der Waals surface area contributed by atoms with Crippen LogP contribution >= 0.6 is 0 Å². The summed E-state index contributed by atoms with van der Waals surface area (Å²) in [5.74, 6) is 0.915. The van der Waals surface area contributed by atoms with E-state index in [-0.39, 0.29) is 0 Å². The molecule has 1 aromatic rings. The lowest BCUT2D eigenvalue weighted by Crippen LogP contribution is -2.33. The van der Waals surface area contributed by atoms with Crippen LogP contribution in [0.2, 0.25) is 0 Å². The molecule has 0 fully saturated rings. The highest BCUT2D eigenvalue weighted by atomic mass is 16.5. The fourth-order valence-corrected chi connectivity index (χ4v) is 1.51. The van der Waals surface area contributed by atoms with Crippen molar-refractivity contribution in [2.24, 2.45) is 5.73 Å². The molecule has 0 amide bonds. The quantitative estimate of drug-likeness (QED) is 0.768. The molecule has 0 bridgehead atoms. The number of methoxy groups -OCH3 is 3. The summed E-state index contributed by atoms with van der Waals surface area (Å²) in [7, 11) is 4.45. The standard InChI is InChI=1S/C12H17NO4/c1-15-9-4-5-11(16-2)8(6-9)7-10(13)12(14)17-3/h4-6,10H,7,13H2,1-3H3/t10-/m1/s1. The first-order valence-electron chi connectivity index (χ1n) is 5.16. The largest absolute Gasteiger partial charge is 0.497 e. The van der Waals surface area contributed by atoms with Crippen molar-refractivity contribution < 1.29 is 19.0 Å². The lowest BCUT2D eigenvalue weighted by atomic mass is 10.1. The molecule has 0 spiro atoms. The fraction of sp³-hybridized carbons (Fsp3) is 0.417. The molecule has 0 aliphatic carbocycles. The van der Waals surface area contributed by atoms with Crippen molar-refractivity contribution in [3.8, 4) is 11.5 Å². The topological polar surface area (TPSA) is 70.8 Å². The van der Waals surface area contributed by atoms with Crippen molar-refractivity contribution in [1.82, 2.24) is 0 Å². The second-order valence-corrected chi connectivity index (χ2v) is 3.51. The van der Waals surface area contributed by atoms with Gasteiger partial charge in [0.25, 0.3) is 0 Å². The monoisotopic (exact) mass is 239 g/mol. The minimum Gasteiger partial charge on any atom is -0.497 e. The van der Waals surface area contributed by atoms with Gasteiger partial charge in [-0.15, -0.1) is 0 Å². The van der Waals surface area contributed by atoms with Crippen LogP contribution in [0.5, 0.6) is 11.5 Å². The van der Waals surface area contributed by atoms with Crippen LogP contribution in [0, 0.1) is 0 Å². The van der Waals surface area contributed by atoms with Gasteiger partial charge in [0.2, 0.25) is 0 Å². The van der Waals surface area contributed by atoms with Crippen molar-refractivity contribution in [2.75, 3.05) is 21.3 Å². The molecule has 0 aliphatic rings. The van der Waals surface area contributed by atoms with Crippen molar-refractivity contribution in [3.63, 3.8) is 0 Å². The van der Waals surface area contributed by atoms with E-state index in [2.05, 4.69) is 4.74 Å². The van der Waals surface area contributed by atoms with Gasteiger partial charge >= 0.3 is 5.97 Å². The summed E-state index contributed by atoms with van der Waals surface area (Å²) in [5, 5.41) is 0. The molecule has 2 N–H and O–H groups in total. The molecule has 1 aromatic carbocycles. The molecule has 0 saturated heterocycles. The van der Waals surface area contributed by atoms with Gasteiger partial charge in [0.1, 0.15) is 17.5 Å². The highest BCUT2D eigenvalue weighted by Gasteiger charge is 2.17. The van der Waals surface area contributed by atoms with Crippen molar-refractivity contribution in [1.29, 1.82) is 0 Å². The predicted octanol–water partition coefficient (Wildman–Crippen LogP) is 0.747. The van der Waals surface area contributed by atoms with Crippen LogP contribution in [-0.4, -0.2) is 33.3 Å². The van der Waals surface area contributed by atoms with E-state index >= 15 is 0 Å². The molecule has 94 valence electrons. The van der Waals surface area contributed by atoms with Crippen LogP contribution < -0.4 is 15.2 Å². The number of carbonyl (C=O) groups is 1. The molecule has 5 heteroatoms. The summed E-state index contributed by atoms with van der Waals surface area (Å²) in [6.07, 6.45) is 0.340. The normalized spacial score (nSPS) is 11.8. The van der Waals surface area contributed by atoms with Crippen molar-refractivity contribution in [2.45, 2.75) is 12.5 Å². The molecule has 1 rings (SSSR count). The summed E-state index contributed by atoms with van der Waals surface area (Å²) in [4.78, 5) is 11.3. The van der Waals surface area contributed by atoms with Crippen LogP contribution in [0.25, 0.3) is 0 Å². The van der Waals surface area contributed by atoms with E-state index in [9.17, 15) is 4.79 Å². The number of rotatable bonds is 5. The van der Waals surface area contributed by atoms with Gasteiger partial charge in [-0.2, -0.15) is 0 Å². The van der Waals surface area contributed by atoms with Crippen LogP contribution in [0.15, 0.2) is 18.2 Å². The number of ether oxygens (including phenoxy) is 3. The maximum Gasteiger partial charge on any atom is 0.322 e. The van der Waals surface area contributed by atoms with Gasteiger partial charge < -0.3 is 19.9 Å². The highest BCUT2D eigenvalue weighted by molar-refractivity contribution is 5.75. The Balaban J connectivity index is 2.91. The summed E-state index contributed by atoms with van der Waals surface area (Å²) < 4.78 is 14.9. The second-order valence-electron chi connectivity index (χ2n) is 3.51. The zero-order valence-electron chi connectivity index (χ0n) is 10.2. The average Bonchev–Trinajstić information content (AvgIpc) is 2.37. The van der Waals surface area contributed by atoms with Gasteiger partial charge in [-0.1, -0.05) is 0 Å². The van der Waals surface area contributed by atoms with E-state index in [1.807, 2.05) is 0 Å². The highest BCUT2D eigenvalue weighted by Crippen LogP contribution is 2.24. The summed E-state index contributed by atoms with van der Waals surface area (Å²) in [5.41, 5.74) is 6.51.